The van der Waals surface area contributed by atoms with Gasteiger partial charge in [-0.25, -0.2) is 4.79 Å². The topological polar surface area (TPSA) is 92.7 Å². The zero-order chi connectivity index (χ0) is 38.9. The smallest absolute Gasteiger partial charge is 0.334 e. The summed E-state index contributed by atoms with van der Waals surface area (Å²) in [7, 11) is 0. The Morgan fingerprint density at radius 3 is 1.31 bits per heavy atom. The predicted molar refractivity (Wildman–Crippen MR) is 217 cm³/mol. The van der Waals surface area contributed by atoms with Crippen molar-refractivity contribution >= 4 is 5.97 Å². The van der Waals surface area contributed by atoms with Gasteiger partial charge in [-0.2, -0.15) is 0 Å². The number of allylic oxidation sites excluding steroid dienone is 1. The standard InChI is InChI=1S/C47H80O8/c1-38(41(48)49)40(53-23-17-11-5-8-14-20-42(2)32-50-33-42)45-26-39-27-46(29-45,54-24-18-12-6-9-15-21-43(3)34-51-35-43)31-47(28-39,30-45)55-25-19-13-7-10-16-22-44(4)36-52-37-44/h39H,5-37H2,1-4H3,(H,48,49). The number of carbonyl (C=O) groups is 1. The van der Waals surface area contributed by atoms with E-state index >= 15 is 0 Å². The van der Waals surface area contributed by atoms with E-state index in [9.17, 15) is 9.90 Å². The number of carboxylic acid groups (broad SMARTS) is 1. The molecule has 55 heavy (non-hydrogen) atoms. The number of ether oxygens (including phenoxy) is 6. The molecule has 8 nitrogen and oxygen atoms in total. The van der Waals surface area contributed by atoms with Gasteiger partial charge in [-0.05, 0) is 83.5 Å². The molecule has 4 saturated carbocycles. The van der Waals surface area contributed by atoms with Crippen LogP contribution in [0.2, 0.25) is 0 Å². The SMILES string of the molecule is CC(C(=O)O)=C(OCCCCCCCC1(C)COC1)C12CC3CC(OCCCCCCCC4(C)COC4)(CC(OCCCCCCCC4(C)COC4)(C3)C1)C2. The maximum absolute atomic E-state index is 12.7. The van der Waals surface area contributed by atoms with Gasteiger partial charge < -0.3 is 33.5 Å². The summed E-state index contributed by atoms with van der Waals surface area (Å²) in [6.07, 6.45) is 27.5. The van der Waals surface area contributed by atoms with E-state index in [1.54, 1.807) is 6.92 Å². The van der Waals surface area contributed by atoms with Crippen LogP contribution in [-0.2, 0) is 33.2 Å². The number of hydrogen-bond donors (Lipinski definition) is 1. The summed E-state index contributed by atoms with van der Waals surface area (Å²) in [6, 6.07) is 0. The number of aliphatic carboxylic acids is 1. The summed E-state index contributed by atoms with van der Waals surface area (Å²) >= 11 is 0. The van der Waals surface area contributed by atoms with Gasteiger partial charge >= 0.3 is 5.97 Å². The molecule has 0 aromatic carbocycles. The van der Waals surface area contributed by atoms with Crippen molar-refractivity contribution in [3.63, 3.8) is 0 Å². The third-order valence-electron chi connectivity index (χ3n) is 14.6. The summed E-state index contributed by atoms with van der Waals surface area (Å²) in [4.78, 5) is 12.7. The van der Waals surface area contributed by atoms with Crippen molar-refractivity contribution in [1.29, 1.82) is 0 Å². The van der Waals surface area contributed by atoms with Crippen LogP contribution in [0.4, 0.5) is 0 Å². The molecule has 0 aromatic rings. The molecule has 0 spiro atoms. The molecular weight excluding hydrogens is 693 g/mol. The molecule has 3 aliphatic heterocycles. The van der Waals surface area contributed by atoms with Crippen LogP contribution in [-0.4, -0.2) is 81.7 Å². The molecule has 4 bridgehead atoms. The van der Waals surface area contributed by atoms with Crippen LogP contribution >= 0.6 is 0 Å². The molecular formula is C47H80O8. The maximum Gasteiger partial charge on any atom is 0.334 e. The van der Waals surface area contributed by atoms with E-state index < -0.39 is 5.97 Å². The van der Waals surface area contributed by atoms with Crippen molar-refractivity contribution in [2.45, 2.75) is 193 Å². The van der Waals surface area contributed by atoms with E-state index in [1.807, 2.05) is 0 Å². The monoisotopic (exact) mass is 773 g/mol. The van der Waals surface area contributed by atoms with Crippen molar-refractivity contribution in [1.82, 2.24) is 0 Å². The highest BCUT2D eigenvalue weighted by atomic mass is 16.5. The number of unbranched alkanes of at least 4 members (excludes halogenated alkanes) is 12. The Labute approximate surface area is 334 Å². The van der Waals surface area contributed by atoms with Gasteiger partial charge in [0.1, 0.15) is 5.76 Å². The van der Waals surface area contributed by atoms with E-state index in [4.69, 9.17) is 28.4 Å². The average Bonchev–Trinajstić information content (AvgIpc) is 3.09. The Morgan fingerprint density at radius 2 is 0.927 bits per heavy atom. The molecule has 7 rings (SSSR count). The Kier molecular flexibility index (Phi) is 15.2. The molecule has 1 N–H and O–H groups in total. The molecule has 0 aromatic heterocycles. The van der Waals surface area contributed by atoms with E-state index in [0.29, 0.717) is 34.3 Å². The molecule has 4 aliphatic carbocycles. The molecule has 0 radical (unpaired) electrons. The molecule has 316 valence electrons. The van der Waals surface area contributed by atoms with Crippen molar-refractivity contribution in [3.05, 3.63) is 11.3 Å². The zero-order valence-corrected chi connectivity index (χ0v) is 35.7. The van der Waals surface area contributed by atoms with Crippen molar-refractivity contribution in [2.24, 2.45) is 27.6 Å². The van der Waals surface area contributed by atoms with E-state index in [-0.39, 0.29) is 16.6 Å². The summed E-state index contributed by atoms with van der Waals surface area (Å²) in [6.45, 7) is 16.5. The fourth-order valence-corrected chi connectivity index (χ4v) is 11.7. The average molecular weight is 773 g/mol. The molecule has 7 fully saturated rings. The third kappa shape index (κ3) is 11.7. The second kappa shape index (κ2) is 19.3. The quantitative estimate of drug-likeness (QED) is 0.0456. The fourth-order valence-electron chi connectivity index (χ4n) is 11.7. The lowest BCUT2D eigenvalue weighted by atomic mass is 9.45. The van der Waals surface area contributed by atoms with Crippen LogP contribution in [0.25, 0.3) is 0 Å². The summed E-state index contributed by atoms with van der Waals surface area (Å²) in [5.41, 5.74) is 0.728. The summed E-state index contributed by atoms with van der Waals surface area (Å²) in [5.74, 6) is 0.342. The van der Waals surface area contributed by atoms with Gasteiger partial charge in [0.05, 0.1) is 63.0 Å². The second-order valence-electron chi connectivity index (χ2n) is 20.9. The van der Waals surface area contributed by atoms with Gasteiger partial charge in [0, 0.05) is 41.3 Å². The highest BCUT2D eigenvalue weighted by Gasteiger charge is 2.66. The molecule has 0 amide bonds. The Bertz CT molecular complexity index is 1200. The Balaban J connectivity index is 1.02. The summed E-state index contributed by atoms with van der Waals surface area (Å²) in [5, 5.41) is 10.4. The zero-order valence-electron chi connectivity index (χ0n) is 35.7. The minimum Gasteiger partial charge on any atom is -0.497 e. The van der Waals surface area contributed by atoms with Gasteiger partial charge in [0.2, 0.25) is 0 Å². The molecule has 2 unspecified atom stereocenters. The van der Waals surface area contributed by atoms with Gasteiger partial charge in [0.25, 0.3) is 0 Å². The normalized spacial score (nSPS) is 31.3. The van der Waals surface area contributed by atoms with Crippen LogP contribution in [0.1, 0.15) is 182 Å². The first-order chi connectivity index (χ1) is 26.4. The van der Waals surface area contributed by atoms with Crippen molar-refractivity contribution in [2.75, 3.05) is 59.5 Å². The maximum atomic E-state index is 12.7. The van der Waals surface area contributed by atoms with Crippen LogP contribution in [0.5, 0.6) is 0 Å². The lowest BCUT2D eigenvalue weighted by Crippen LogP contribution is -2.65. The van der Waals surface area contributed by atoms with Crippen LogP contribution in [0.15, 0.2) is 11.3 Å². The van der Waals surface area contributed by atoms with E-state index in [0.717, 1.165) is 123 Å². The first-order valence-corrected chi connectivity index (χ1v) is 23.0. The molecule has 2 atom stereocenters. The van der Waals surface area contributed by atoms with Gasteiger partial charge in [-0.1, -0.05) is 97.8 Å². The number of hydrogen-bond acceptors (Lipinski definition) is 7. The van der Waals surface area contributed by atoms with Crippen LogP contribution < -0.4 is 0 Å². The molecule has 7 aliphatic rings. The highest BCUT2D eigenvalue weighted by Crippen LogP contribution is 2.68. The van der Waals surface area contributed by atoms with E-state index in [1.165, 1.54) is 89.9 Å². The molecule has 3 saturated heterocycles. The lowest BCUT2D eigenvalue weighted by molar-refractivity contribution is -0.261. The first-order valence-electron chi connectivity index (χ1n) is 23.0. The summed E-state index contributed by atoms with van der Waals surface area (Å²) < 4.78 is 37.2. The largest absolute Gasteiger partial charge is 0.497 e. The lowest BCUT2D eigenvalue weighted by Gasteiger charge is -2.66. The van der Waals surface area contributed by atoms with Crippen LogP contribution in [0.3, 0.4) is 0 Å². The minimum absolute atomic E-state index is 0.269. The van der Waals surface area contributed by atoms with Gasteiger partial charge in [-0.3, -0.25) is 0 Å². The van der Waals surface area contributed by atoms with Crippen LogP contribution in [0, 0.1) is 27.6 Å². The minimum atomic E-state index is -0.859. The van der Waals surface area contributed by atoms with Crippen molar-refractivity contribution < 1.29 is 38.3 Å². The first kappa shape index (κ1) is 43.4. The molecule has 8 heteroatoms. The Hall–Kier alpha value is -1.19. The second-order valence-corrected chi connectivity index (χ2v) is 20.9. The number of rotatable bonds is 29. The highest BCUT2D eigenvalue weighted by molar-refractivity contribution is 5.86. The molecule has 3 heterocycles. The van der Waals surface area contributed by atoms with Crippen molar-refractivity contribution in [3.8, 4) is 0 Å². The fraction of sp³-hybridized carbons (Fsp3) is 0.936. The number of carboxylic acids is 1. The van der Waals surface area contributed by atoms with Gasteiger partial charge in [-0.15, -0.1) is 0 Å². The van der Waals surface area contributed by atoms with Gasteiger partial charge in [0.15, 0.2) is 0 Å². The predicted octanol–water partition coefficient (Wildman–Crippen LogP) is 11.0. The van der Waals surface area contributed by atoms with E-state index in [2.05, 4.69) is 20.8 Å². The Morgan fingerprint density at radius 1 is 0.545 bits per heavy atom. The third-order valence-corrected chi connectivity index (χ3v) is 14.6.